The van der Waals surface area contributed by atoms with Crippen LogP contribution in [0.5, 0.6) is 0 Å². The molecule has 0 nitrogen and oxygen atoms in total. The summed E-state index contributed by atoms with van der Waals surface area (Å²) in [5.74, 6) is 0. The Balaban J connectivity index is 2.00. The molecule has 3 aromatic carbocycles. The summed E-state index contributed by atoms with van der Waals surface area (Å²) in [6.45, 7) is 2.25. The van der Waals surface area contributed by atoms with Crippen molar-refractivity contribution in [1.82, 2.24) is 0 Å². The van der Waals surface area contributed by atoms with Crippen molar-refractivity contribution < 1.29 is 0 Å². The molecule has 0 heterocycles. The molecule has 0 heteroatoms. The molecular weight excluding hydrogens is 252 g/mol. The fourth-order valence-electron chi connectivity index (χ4n) is 3.52. The SMILES string of the molecule is CCc1ccc2c(c1-c1ccccc1)Cc1ccccc1-2. The summed E-state index contributed by atoms with van der Waals surface area (Å²) < 4.78 is 0. The van der Waals surface area contributed by atoms with Crippen LogP contribution in [0.25, 0.3) is 22.3 Å². The summed E-state index contributed by atoms with van der Waals surface area (Å²) in [6, 6.07) is 24.2. The summed E-state index contributed by atoms with van der Waals surface area (Å²) in [6.07, 6.45) is 2.14. The van der Waals surface area contributed by atoms with Gasteiger partial charge in [0.15, 0.2) is 0 Å². The minimum atomic E-state index is 1.06. The van der Waals surface area contributed by atoms with Gasteiger partial charge in [-0.3, -0.25) is 0 Å². The molecule has 3 aromatic rings. The van der Waals surface area contributed by atoms with E-state index in [4.69, 9.17) is 0 Å². The molecule has 1 aliphatic rings. The van der Waals surface area contributed by atoms with Crippen LogP contribution in [-0.4, -0.2) is 0 Å². The zero-order valence-electron chi connectivity index (χ0n) is 12.3. The molecular formula is C21H18. The Bertz CT molecular complexity index is 798. The van der Waals surface area contributed by atoms with Gasteiger partial charge < -0.3 is 0 Å². The van der Waals surface area contributed by atoms with Crippen LogP contribution < -0.4 is 0 Å². The van der Waals surface area contributed by atoms with Crippen molar-refractivity contribution in [3.63, 3.8) is 0 Å². The molecule has 0 atom stereocenters. The van der Waals surface area contributed by atoms with Crippen LogP contribution >= 0.6 is 0 Å². The number of fused-ring (bicyclic) bond motifs is 3. The Hall–Kier alpha value is -2.34. The summed E-state index contributed by atoms with van der Waals surface area (Å²) in [7, 11) is 0. The van der Waals surface area contributed by atoms with Crippen molar-refractivity contribution in [2.75, 3.05) is 0 Å². The first kappa shape index (κ1) is 12.4. The normalized spacial score (nSPS) is 12.0. The summed E-state index contributed by atoms with van der Waals surface area (Å²) in [4.78, 5) is 0. The molecule has 4 rings (SSSR count). The number of rotatable bonds is 2. The molecule has 0 unspecified atom stereocenters. The fourth-order valence-corrected chi connectivity index (χ4v) is 3.52. The van der Waals surface area contributed by atoms with E-state index in [9.17, 15) is 0 Å². The predicted molar refractivity (Wildman–Crippen MR) is 89.5 cm³/mol. The lowest BCUT2D eigenvalue weighted by molar-refractivity contribution is 1.13. The Labute approximate surface area is 126 Å². The molecule has 0 amide bonds. The highest BCUT2D eigenvalue weighted by Crippen LogP contribution is 2.43. The van der Waals surface area contributed by atoms with E-state index in [1.165, 1.54) is 38.9 Å². The molecule has 102 valence electrons. The predicted octanol–water partition coefficient (Wildman–Crippen LogP) is 5.49. The first-order valence-corrected chi connectivity index (χ1v) is 7.67. The zero-order chi connectivity index (χ0) is 14.2. The zero-order valence-corrected chi connectivity index (χ0v) is 12.3. The smallest absolute Gasteiger partial charge is 0.000718 e. The van der Waals surface area contributed by atoms with Crippen LogP contribution in [-0.2, 0) is 12.8 Å². The van der Waals surface area contributed by atoms with Crippen LogP contribution in [0, 0.1) is 0 Å². The van der Waals surface area contributed by atoms with E-state index in [0.29, 0.717) is 0 Å². The van der Waals surface area contributed by atoms with Gasteiger partial charge in [0, 0.05) is 0 Å². The Morgan fingerprint density at radius 1 is 0.762 bits per heavy atom. The lowest BCUT2D eigenvalue weighted by Gasteiger charge is -2.14. The number of aryl methyl sites for hydroxylation is 1. The van der Waals surface area contributed by atoms with Crippen LogP contribution in [0.1, 0.15) is 23.6 Å². The second kappa shape index (κ2) is 4.89. The summed E-state index contributed by atoms with van der Waals surface area (Å²) >= 11 is 0. The van der Waals surface area contributed by atoms with Crippen LogP contribution in [0.15, 0.2) is 66.7 Å². The van der Waals surface area contributed by atoms with Gasteiger partial charge in [0.1, 0.15) is 0 Å². The molecule has 1 aliphatic carbocycles. The number of benzene rings is 3. The largest absolute Gasteiger partial charge is 0.0622 e. The first-order chi connectivity index (χ1) is 10.4. The van der Waals surface area contributed by atoms with Gasteiger partial charge >= 0.3 is 0 Å². The van der Waals surface area contributed by atoms with E-state index in [-0.39, 0.29) is 0 Å². The minimum Gasteiger partial charge on any atom is -0.0622 e. The third kappa shape index (κ3) is 1.91. The van der Waals surface area contributed by atoms with E-state index in [0.717, 1.165) is 12.8 Å². The van der Waals surface area contributed by atoms with Crippen molar-refractivity contribution in [3.05, 3.63) is 83.4 Å². The van der Waals surface area contributed by atoms with E-state index in [1.807, 2.05) is 0 Å². The van der Waals surface area contributed by atoms with Gasteiger partial charge in [-0.1, -0.05) is 73.7 Å². The van der Waals surface area contributed by atoms with Crippen LogP contribution in [0.2, 0.25) is 0 Å². The highest BCUT2D eigenvalue weighted by molar-refractivity contribution is 5.86. The number of hydrogen-bond donors (Lipinski definition) is 0. The van der Waals surface area contributed by atoms with Gasteiger partial charge in [0.05, 0.1) is 0 Å². The average Bonchev–Trinajstić information content (AvgIpc) is 2.93. The second-order valence-corrected chi connectivity index (χ2v) is 5.68. The molecule has 21 heavy (non-hydrogen) atoms. The first-order valence-electron chi connectivity index (χ1n) is 7.67. The lowest BCUT2D eigenvalue weighted by Crippen LogP contribution is -1.94. The van der Waals surface area contributed by atoms with Gasteiger partial charge in [-0.15, -0.1) is 0 Å². The molecule has 0 spiro atoms. The molecule has 0 N–H and O–H groups in total. The van der Waals surface area contributed by atoms with Gasteiger partial charge in [-0.2, -0.15) is 0 Å². The fraction of sp³-hybridized carbons (Fsp3) is 0.143. The van der Waals surface area contributed by atoms with Crippen molar-refractivity contribution >= 4 is 0 Å². The molecule has 0 bridgehead atoms. The molecule has 0 saturated carbocycles. The Morgan fingerprint density at radius 3 is 2.33 bits per heavy atom. The maximum Gasteiger partial charge on any atom is -0.000718 e. The summed E-state index contributed by atoms with van der Waals surface area (Å²) in [5.41, 5.74) is 10.0. The van der Waals surface area contributed by atoms with Crippen molar-refractivity contribution in [2.45, 2.75) is 19.8 Å². The van der Waals surface area contributed by atoms with Crippen LogP contribution in [0.4, 0.5) is 0 Å². The standard InChI is InChI=1S/C21H18/c1-2-15-12-13-19-18-11-7-6-10-17(18)14-20(19)21(15)16-8-4-3-5-9-16/h3-13H,2,14H2,1H3. The molecule has 0 fully saturated rings. The van der Waals surface area contributed by atoms with Crippen molar-refractivity contribution in [3.8, 4) is 22.3 Å². The quantitative estimate of drug-likeness (QED) is 0.452. The summed E-state index contributed by atoms with van der Waals surface area (Å²) in [5, 5.41) is 0. The average molecular weight is 270 g/mol. The topological polar surface area (TPSA) is 0 Å². The van der Waals surface area contributed by atoms with Crippen LogP contribution in [0.3, 0.4) is 0 Å². The molecule has 0 aliphatic heterocycles. The highest BCUT2D eigenvalue weighted by Gasteiger charge is 2.22. The van der Waals surface area contributed by atoms with E-state index in [1.54, 1.807) is 0 Å². The van der Waals surface area contributed by atoms with Gasteiger partial charge in [0.2, 0.25) is 0 Å². The van der Waals surface area contributed by atoms with E-state index in [2.05, 4.69) is 73.7 Å². The second-order valence-electron chi connectivity index (χ2n) is 5.68. The van der Waals surface area contributed by atoms with Crippen molar-refractivity contribution in [2.24, 2.45) is 0 Å². The maximum atomic E-state index is 2.31. The third-order valence-corrected chi connectivity index (χ3v) is 4.52. The minimum absolute atomic E-state index is 1.06. The highest BCUT2D eigenvalue weighted by atomic mass is 14.3. The third-order valence-electron chi connectivity index (χ3n) is 4.52. The number of hydrogen-bond acceptors (Lipinski definition) is 0. The van der Waals surface area contributed by atoms with E-state index < -0.39 is 0 Å². The monoisotopic (exact) mass is 270 g/mol. The van der Waals surface area contributed by atoms with E-state index >= 15 is 0 Å². The molecule has 0 aromatic heterocycles. The Morgan fingerprint density at radius 2 is 1.52 bits per heavy atom. The Kier molecular flexibility index (Phi) is 2.89. The van der Waals surface area contributed by atoms with Crippen molar-refractivity contribution in [1.29, 1.82) is 0 Å². The van der Waals surface area contributed by atoms with Gasteiger partial charge in [0.25, 0.3) is 0 Å². The molecule has 0 radical (unpaired) electrons. The maximum absolute atomic E-state index is 2.31. The molecule has 0 saturated heterocycles. The lowest BCUT2D eigenvalue weighted by atomic mass is 9.90. The van der Waals surface area contributed by atoms with Gasteiger partial charge in [-0.25, -0.2) is 0 Å². The van der Waals surface area contributed by atoms with Gasteiger partial charge in [-0.05, 0) is 51.8 Å².